The van der Waals surface area contributed by atoms with E-state index in [0.29, 0.717) is 5.11 Å². The largest absolute Gasteiger partial charge is 0.495 e. The van der Waals surface area contributed by atoms with Gasteiger partial charge in [0.2, 0.25) is 0 Å². The van der Waals surface area contributed by atoms with Crippen molar-refractivity contribution in [3.8, 4) is 5.75 Å². The Balaban J connectivity index is 1.91. The Morgan fingerprint density at radius 2 is 2.25 bits per heavy atom. The van der Waals surface area contributed by atoms with Crippen molar-refractivity contribution in [3.63, 3.8) is 0 Å². The lowest BCUT2D eigenvalue weighted by atomic mass is 10.3. The average Bonchev–Trinajstić information content (AvgIpc) is 2.85. The van der Waals surface area contributed by atoms with Gasteiger partial charge in [-0.1, -0.05) is 12.1 Å². The molecular formula is C13H14N4OS2. The minimum absolute atomic E-state index is 0.387. The van der Waals surface area contributed by atoms with E-state index in [-0.39, 0.29) is 0 Å². The summed E-state index contributed by atoms with van der Waals surface area (Å²) in [6, 6.07) is 7.52. The molecule has 104 valence electrons. The second kappa shape index (κ2) is 6.97. The molecule has 0 bridgehead atoms. The van der Waals surface area contributed by atoms with Gasteiger partial charge in [0, 0.05) is 5.38 Å². The molecule has 0 radical (unpaired) electrons. The lowest BCUT2D eigenvalue weighted by Crippen LogP contribution is -2.24. The molecule has 0 aliphatic rings. The summed E-state index contributed by atoms with van der Waals surface area (Å²) >= 11 is 6.73. The Bertz CT molecular complexity index is 624. The van der Waals surface area contributed by atoms with Crippen LogP contribution in [0.4, 0.5) is 5.69 Å². The van der Waals surface area contributed by atoms with Gasteiger partial charge in [-0.3, -0.25) is 5.43 Å². The Morgan fingerprint density at radius 1 is 1.45 bits per heavy atom. The Hall–Kier alpha value is -1.99. The maximum atomic E-state index is 5.23. The molecule has 0 amide bonds. The van der Waals surface area contributed by atoms with Crippen LogP contribution < -0.4 is 15.5 Å². The van der Waals surface area contributed by atoms with Crippen LogP contribution in [-0.2, 0) is 0 Å². The first-order valence-electron chi connectivity index (χ1n) is 5.84. The lowest BCUT2D eigenvalue weighted by molar-refractivity contribution is 0.417. The number of ether oxygens (including phenoxy) is 1. The number of nitrogens with one attached hydrogen (secondary N) is 2. The van der Waals surface area contributed by atoms with Crippen molar-refractivity contribution in [3.05, 3.63) is 40.3 Å². The van der Waals surface area contributed by atoms with Crippen molar-refractivity contribution in [2.24, 2.45) is 5.10 Å². The molecule has 0 fully saturated rings. The summed E-state index contributed by atoms with van der Waals surface area (Å²) < 4.78 is 5.23. The topological polar surface area (TPSA) is 58.5 Å². The first kappa shape index (κ1) is 14.4. The van der Waals surface area contributed by atoms with E-state index in [4.69, 9.17) is 17.0 Å². The van der Waals surface area contributed by atoms with Crippen LogP contribution in [0.2, 0.25) is 0 Å². The number of thiazole rings is 1. The molecule has 5 nitrogen and oxygen atoms in total. The summed E-state index contributed by atoms with van der Waals surface area (Å²) in [5.74, 6) is 0.718. The van der Waals surface area contributed by atoms with E-state index in [1.165, 1.54) is 0 Å². The zero-order valence-electron chi connectivity index (χ0n) is 11.1. The fraction of sp³-hybridized carbons (Fsp3) is 0.154. The van der Waals surface area contributed by atoms with Crippen LogP contribution in [0, 0.1) is 6.92 Å². The Morgan fingerprint density at radius 3 is 2.95 bits per heavy atom. The maximum absolute atomic E-state index is 5.23. The molecule has 20 heavy (non-hydrogen) atoms. The van der Waals surface area contributed by atoms with Crippen molar-refractivity contribution in [2.75, 3.05) is 12.4 Å². The molecule has 2 rings (SSSR count). The van der Waals surface area contributed by atoms with E-state index in [2.05, 4.69) is 20.8 Å². The van der Waals surface area contributed by atoms with Crippen LogP contribution in [0.25, 0.3) is 0 Å². The van der Waals surface area contributed by atoms with Crippen LogP contribution in [0.15, 0.2) is 34.7 Å². The van der Waals surface area contributed by atoms with Gasteiger partial charge < -0.3 is 10.1 Å². The second-order valence-corrected chi connectivity index (χ2v) is 5.29. The van der Waals surface area contributed by atoms with E-state index >= 15 is 0 Å². The van der Waals surface area contributed by atoms with E-state index in [1.807, 2.05) is 36.6 Å². The third-order valence-electron chi connectivity index (χ3n) is 2.35. The van der Waals surface area contributed by atoms with E-state index in [9.17, 15) is 0 Å². The van der Waals surface area contributed by atoms with Crippen molar-refractivity contribution in [2.45, 2.75) is 6.92 Å². The molecule has 0 spiro atoms. The highest BCUT2D eigenvalue weighted by molar-refractivity contribution is 7.80. The van der Waals surface area contributed by atoms with Gasteiger partial charge in [0.15, 0.2) is 5.11 Å². The van der Waals surface area contributed by atoms with Gasteiger partial charge in [0.1, 0.15) is 5.75 Å². The highest BCUT2D eigenvalue weighted by Gasteiger charge is 2.02. The fourth-order valence-corrected chi connectivity index (χ4v) is 2.22. The van der Waals surface area contributed by atoms with Crippen molar-refractivity contribution in [1.82, 2.24) is 10.4 Å². The minimum Gasteiger partial charge on any atom is -0.495 e. The predicted octanol–water partition coefficient (Wildman–Crippen LogP) is 2.78. The third kappa shape index (κ3) is 4.01. The number of hydrazone groups is 1. The molecule has 1 heterocycles. The number of rotatable bonds is 4. The van der Waals surface area contributed by atoms with Gasteiger partial charge in [0.25, 0.3) is 0 Å². The summed E-state index contributed by atoms with van der Waals surface area (Å²) in [5.41, 5.74) is 4.33. The van der Waals surface area contributed by atoms with Gasteiger partial charge in [-0.2, -0.15) is 5.10 Å². The van der Waals surface area contributed by atoms with Crippen LogP contribution in [0.1, 0.15) is 10.7 Å². The van der Waals surface area contributed by atoms with Crippen LogP contribution in [0.5, 0.6) is 5.75 Å². The lowest BCUT2D eigenvalue weighted by Gasteiger charge is -2.10. The molecule has 2 aromatic rings. The number of methoxy groups -OCH3 is 1. The number of anilines is 1. The van der Waals surface area contributed by atoms with Crippen molar-refractivity contribution < 1.29 is 4.74 Å². The summed E-state index contributed by atoms with van der Waals surface area (Å²) in [6.45, 7) is 1.95. The summed E-state index contributed by atoms with van der Waals surface area (Å²) in [4.78, 5) is 4.26. The monoisotopic (exact) mass is 306 g/mol. The highest BCUT2D eigenvalue weighted by Crippen LogP contribution is 2.22. The van der Waals surface area contributed by atoms with Crippen LogP contribution in [-0.4, -0.2) is 23.4 Å². The fourth-order valence-electron chi connectivity index (χ4n) is 1.49. The van der Waals surface area contributed by atoms with Gasteiger partial charge in [-0.05, 0) is 31.3 Å². The summed E-state index contributed by atoms with van der Waals surface area (Å²) in [5, 5.41) is 10.4. The number of aromatic nitrogens is 1. The molecule has 1 aromatic heterocycles. The number of para-hydroxylation sites is 2. The number of hydrogen-bond acceptors (Lipinski definition) is 5. The standard InChI is InChI=1S/C13H14N4OS2/c1-9-15-10(8-20-9)7-14-17-13(19)16-11-5-3-4-6-12(11)18-2/h3-8H,1-2H3,(H2,16,17,19)/b14-7-. The maximum Gasteiger partial charge on any atom is 0.191 e. The van der Waals surface area contributed by atoms with Gasteiger partial charge in [0.05, 0.1) is 29.7 Å². The first-order valence-corrected chi connectivity index (χ1v) is 7.13. The smallest absolute Gasteiger partial charge is 0.191 e. The Labute approximate surface area is 126 Å². The normalized spacial score (nSPS) is 10.5. The highest BCUT2D eigenvalue weighted by atomic mass is 32.1. The molecule has 0 saturated carbocycles. The molecule has 0 atom stereocenters. The molecule has 1 aromatic carbocycles. The number of nitrogens with zero attached hydrogens (tertiary/aromatic N) is 2. The number of hydrogen-bond donors (Lipinski definition) is 2. The average molecular weight is 306 g/mol. The van der Waals surface area contributed by atoms with E-state index < -0.39 is 0 Å². The first-order chi connectivity index (χ1) is 9.69. The molecule has 0 saturated heterocycles. The van der Waals surface area contributed by atoms with Crippen molar-refractivity contribution in [1.29, 1.82) is 0 Å². The second-order valence-electron chi connectivity index (χ2n) is 3.82. The summed E-state index contributed by atoms with van der Waals surface area (Å²) in [7, 11) is 1.61. The zero-order chi connectivity index (χ0) is 14.4. The minimum atomic E-state index is 0.387. The Kier molecular flexibility index (Phi) is 5.03. The number of benzene rings is 1. The quantitative estimate of drug-likeness (QED) is 0.517. The number of aryl methyl sites for hydroxylation is 1. The molecular weight excluding hydrogens is 292 g/mol. The van der Waals surface area contributed by atoms with Gasteiger partial charge >= 0.3 is 0 Å². The summed E-state index contributed by atoms with van der Waals surface area (Å²) in [6.07, 6.45) is 1.62. The van der Waals surface area contributed by atoms with Gasteiger partial charge in [-0.25, -0.2) is 4.98 Å². The molecule has 2 N–H and O–H groups in total. The van der Waals surface area contributed by atoms with Crippen LogP contribution >= 0.6 is 23.6 Å². The molecule has 0 aliphatic heterocycles. The van der Waals surface area contributed by atoms with Crippen molar-refractivity contribution >= 4 is 40.6 Å². The number of thiocarbonyl (C=S) groups is 1. The third-order valence-corrected chi connectivity index (χ3v) is 3.34. The predicted molar refractivity (Wildman–Crippen MR) is 86.8 cm³/mol. The molecule has 0 aliphatic carbocycles. The van der Waals surface area contributed by atoms with E-state index in [1.54, 1.807) is 24.7 Å². The van der Waals surface area contributed by atoms with E-state index in [0.717, 1.165) is 22.1 Å². The van der Waals surface area contributed by atoms with Crippen LogP contribution in [0.3, 0.4) is 0 Å². The SMILES string of the molecule is COc1ccccc1NC(=S)N/N=C\c1csc(C)n1. The molecule has 7 heteroatoms. The molecule has 0 unspecified atom stereocenters. The van der Waals surface area contributed by atoms with Gasteiger partial charge in [-0.15, -0.1) is 11.3 Å². The zero-order valence-corrected chi connectivity index (χ0v) is 12.7.